The van der Waals surface area contributed by atoms with Crippen molar-refractivity contribution < 1.29 is 9.18 Å². The Bertz CT molecular complexity index is 391. The molecule has 1 aromatic carbocycles. The Hall–Kier alpha value is -1.42. The summed E-state index contributed by atoms with van der Waals surface area (Å²) in [6.07, 6.45) is 0. The number of amides is 1. The Morgan fingerprint density at radius 2 is 1.94 bits per heavy atom. The van der Waals surface area contributed by atoms with E-state index >= 15 is 0 Å². The van der Waals surface area contributed by atoms with Crippen LogP contribution in [0.15, 0.2) is 24.3 Å². The smallest absolute Gasteiger partial charge is 0.236 e. The number of nitrogens with one attached hydrogen (secondary N) is 1. The van der Waals surface area contributed by atoms with Crippen molar-refractivity contribution in [3.8, 4) is 0 Å². The van der Waals surface area contributed by atoms with Crippen molar-refractivity contribution in [1.82, 2.24) is 10.2 Å². The first kappa shape index (κ1) is 14.6. The molecule has 0 aromatic heterocycles. The number of likely N-dealkylation sites (N-methyl/N-ethyl adjacent to an activating group) is 1. The van der Waals surface area contributed by atoms with Crippen LogP contribution in [0.5, 0.6) is 0 Å². The third-order valence-corrected chi connectivity index (χ3v) is 3.05. The number of hydrogen-bond donors (Lipinski definition) is 1. The molecule has 1 atom stereocenters. The van der Waals surface area contributed by atoms with Gasteiger partial charge in [0.1, 0.15) is 5.82 Å². The van der Waals surface area contributed by atoms with Crippen LogP contribution in [0.4, 0.5) is 4.39 Å². The monoisotopic (exact) mass is 252 g/mol. The zero-order valence-electron chi connectivity index (χ0n) is 11.2. The highest BCUT2D eigenvalue weighted by Crippen LogP contribution is 2.15. The van der Waals surface area contributed by atoms with Crippen LogP contribution in [-0.2, 0) is 4.79 Å². The largest absolute Gasteiger partial charge is 0.342 e. The SMILES string of the molecule is CCN(CC)C(=O)CNC(C)c1ccccc1F. The predicted molar refractivity (Wildman–Crippen MR) is 70.7 cm³/mol. The number of benzene rings is 1. The quantitative estimate of drug-likeness (QED) is 0.843. The average molecular weight is 252 g/mol. The number of carbonyl (C=O) groups excluding carboxylic acids is 1. The molecule has 0 aliphatic heterocycles. The molecule has 0 heterocycles. The zero-order chi connectivity index (χ0) is 13.5. The number of carbonyl (C=O) groups is 1. The lowest BCUT2D eigenvalue weighted by atomic mass is 10.1. The molecule has 0 radical (unpaired) electrons. The van der Waals surface area contributed by atoms with Gasteiger partial charge in [-0.05, 0) is 26.8 Å². The molecule has 1 amide bonds. The minimum absolute atomic E-state index is 0.0446. The Kier molecular flexibility index (Phi) is 5.78. The average Bonchev–Trinajstić information content (AvgIpc) is 2.38. The van der Waals surface area contributed by atoms with Gasteiger partial charge in [-0.2, -0.15) is 0 Å². The third kappa shape index (κ3) is 3.81. The minimum Gasteiger partial charge on any atom is -0.342 e. The van der Waals surface area contributed by atoms with Crippen LogP contribution in [0, 0.1) is 5.82 Å². The molecule has 4 heteroatoms. The number of halogens is 1. The van der Waals surface area contributed by atoms with Crippen LogP contribution >= 0.6 is 0 Å². The number of rotatable bonds is 6. The van der Waals surface area contributed by atoms with Gasteiger partial charge < -0.3 is 10.2 Å². The van der Waals surface area contributed by atoms with Crippen molar-refractivity contribution >= 4 is 5.91 Å². The van der Waals surface area contributed by atoms with Crippen LogP contribution in [0.3, 0.4) is 0 Å². The van der Waals surface area contributed by atoms with E-state index in [-0.39, 0.29) is 24.3 Å². The second kappa shape index (κ2) is 7.11. The standard InChI is InChI=1S/C14H21FN2O/c1-4-17(5-2)14(18)10-16-11(3)12-8-6-7-9-13(12)15/h6-9,11,16H,4-5,10H2,1-3H3. The van der Waals surface area contributed by atoms with E-state index in [0.29, 0.717) is 18.7 Å². The highest BCUT2D eigenvalue weighted by molar-refractivity contribution is 5.78. The van der Waals surface area contributed by atoms with Crippen LogP contribution in [0.2, 0.25) is 0 Å². The van der Waals surface area contributed by atoms with E-state index in [9.17, 15) is 9.18 Å². The molecule has 0 aliphatic carbocycles. The van der Waals surface area contributed by atoms with Gasteiger partial charge in [-0.1, -0.05) is 18.2 Å². The summed E-state index contributed by atoms with van der Waals surface area (Å²) in [7, 11) is 0. The molecule has 1 N–H and O–H groups in total. The first-order chi connectivity index (χ1) is 8.60. The van der Waals surface area contributed by atoms with Crippen molar-refractivity contribution in [1.29, 1.82) is 0 Å². The summed E-state index contributed by atoms with van der Waals surface area (Å²) < 4.78 is 13.5. The molecule has 0 aliphatic rings. The number of hydrogen-bond acceptors (Lipinski definition) is 2. The van der Waals surface area contributed by atoms with Crippen LogP contribution in [-0.4, -0.2) is 30.4 Å². The lowest BCUT2D eigenvalue weighted by Gasteiger charge is -2.21. The van der Waals surface area contributed by atoms with Gasteiger partial charge in [0, 0.05) is 24.7 Å². The Morgan fingerprint density at radius 1 is 1.33 bits per heavy atom. The zero-order valence-corrected chi connectivity index (χ0v) is 11.2. The van der Waals surface area contributed by atoms with E-state index < -0.39 is 0 Å². The molecule has 1 rings (SSSR count). The minimum atomic E-state index is -0.243. The lowest BCUT2D eigenvalue weighted by Crippen LogP contribution is -2.38. The van der Waals surface area contributed by atoms with E-state index in [1.165, 1.54) is 6.07 Å². The molecular formula is C14H21FN2O. The summed E-state index contributed by atoms with van der Waals surface area (Å²) in [5.41, 5.74) is 0.588. The van der Waals surface area contributed by atoms with E-state index in [2.05, 4.69) is 5.32 Å². The van der Waals surface area contributed by atoms with Gasteiger partial charge in [-0.3, -0.25) is 4.79 Å². The summed E-state index contributed by atoms with van der Waals surface area (Å²) in [6.45, 7) is 7.38. The van der Waals surface area contributed by atoms with Crippen molar-refractivity contribution in [3.63, 3.8) is 0 Å². The highest BCUT2D eigenvalue weighted by Gasteiger charge is 2.13. The van der Waals surface area contributed by atoms with E-state index in [0.717, 1.165) is 0 Å². The summed E-state index contributed by atoms with van der Waals surface area (Å²) >= 11 is 0. The molecular weight excluding hydrogens is 231 g/mol. The van der Waals surface area contributed by atoms with E-state index in [1.54, 1.807) is 23.1 Å². The van der Waals surface area contributed by atoms with Crippen LogP contribution in [0.1, 0.15) is 32.4 Å². The summed E-state index contributed by atoms with van der Waals surface area (Å²) in [4.78, 5) is 13.5. The molecule has 0 bridgehead atoms. The van der Waals surface area contributed by atoms with Gasteiger partial charge in [0.2, 0.25) is 5.91 Å². The molecule has 1 aromatic rings. The second-order valence-corrected chi connectivity index (χ2v) is 4.19. The first-order valence-corrected chi connectivity index (χ1v) is 6.35. The van der Waals surface area contributed by atoms with Crippen molar-refractivity contribution in [3.05, 3.63) is 35.6 Å². The van der Waals surface area contributed by atoms with Gasteiger partial charge >= 0.3 is 0 Å². The summed E-state index contributed by atoms with van der Waals surface area (Å²) in [5, 5.41) is 3.06. The van der Waals surface area contributed by atoms with Crippen LogP contribution in [0.25, 0.3) is 0 Å². The Morgan fingerprint density at radius 3 is 2.50 bits per heavy atom. The molecule has 18 heavy (non-hydrogen) atoms. The fraction of sp³-hybridized carbons (Fsp3) is 0.500. The molecule has 100 valence electrons. The first-order valence-electron chi connectivity index (χ1n) is 6.35. The third-order valence-electron chi connectivity index (χ3n) is 3.05. The molecule has 0 spiro atoms. The fourth-order valence-electron chi connectivity index (χ4n) is 1.86. The maximum Gasteiger partial charge on any atom is 0.236 e. The van der Waals surface area contributed by atoms with Gasteiger partial charge in [-0.15, -0.1) is 0 Å². The second-order valence-electron chi connectivity index (χ2n) is 4.19. The van der Waals surface area contributed by atoms with E-state index in [1.807, 2.05) is 20.8 Å². The maximum absolute atomic E-state index is 13.5. The molecule has 3 nitrogen and oxygen atoms in total. The molecule has 1 unspecified atom stereocenters. The molecule has 0 saturated carbocycles. The van der Waals surface area contributed by atoms with Crippen molar-refractivity contribution in [2.75, 3.05) is 19.6 Å². The summed E-state index contributed by atoms with van der Waals surface area (Å²) in [5.74, 6) is -0.198. The Labute approximate surface area is 108 Å². The highest BCUT2D eigenvalue weighted by atomic mass is 19.1. The van der Waals surface area contributed by atoms with Gasteiger partial charge in [-0.25, -0.2) is 4.39 Å². The number of nitrogens with zero attached hydrogens (tertiary/aromatic N) is 1. The maximum atomic E-state index is 13.5. The molecule has 0 saturated heterocycles. The van der Waals surface area contributed by atoms with Gasteiger partial charge in [0.25, 0.3) is 0 Å². The summed E-state index contributed by atoms with van der Waals surface area (Å²) in [6, 6.07) is 6.44. The lowest BCUT2D eigenvalue weighted by molar-refractivity contribution is -0.129. The fourth-order valence-corrected chi connectivity index (χ4v) is 1.86. The van der Waals surface area contributed by atoms with Gasteiger partial charge in [0.05, 0.1) is 6.54 Å². The van der Waals surface area contributed by atoms with Crippen molar-refractivity contribution in [2.24, 2.45) is 0 Å². The predicted octanol–water partition coefficient (Wildman–Crippen LogP) is 2.34. The van der Waals surface area contributed by atoms with Crippen LogP contribution < -0.4 is 5.32 Å². The van der Waals surface area contributed by atoms with Gasteiger partial charge in [0.15, 0.2) is 0 Å². The topological polar surface area (TPSA) is 32.3 Å². The molecule has 0 fully saturated rings. The Balaban J connectivity index is 2.54. The van der Waals surface area contributed by atoms with Crippen molar-refractivity contribution in [2.45, 2.75) is 26.8 Å². The normalized spacial score (nSPS) is 12.2. The van der Waals surface area contributed by atoms with E-state index in [4.69, 9.17) is 0 Å².